The molecule has 1 aliphatic rings. The van der Waals surface area contributed by atoms with Gasteiger partial charge in [0.05, 0.1) is 14.2 Å². The number of para-hydroxylation sites is 1. The molecular weight excluding hydrogens is 338 g/mol. The average molecular weight is 359 g/mol. The zero-order chi connectivity index (χ0) is 17.6. The molecule has 1 aliphatic heterocycles. The molecule has 0 spiro atoms. The SMILES string of the molecule is COc1cc(OC)cc(C2SCCN2C(=O)COc2ccccc2)c1. The van der Waals surface area contributed by atoms with Crippen LogP contribution in [0, 0.1) is 0 Å². The molecule has 1 heterocycles. The molecule has 2 aromatic carbocycles. The van der Waals surface area contributed by atoms with Gasteiger partial charge in [-0.3, -0.25) is 4.79 Å². The first-order valence-electron chi connectivity index (χ1n) is 8.03. The summed E-state index contributed by atoms with van der Waals surface area (Å²) < 4.78 is 16.3. The molecule has 1 amide bonds. The van der Waals surface area contributed by atoms with Gasteiger partial charge in [-0.25, -0.2) is 0 Å². The smallest absolute Gasteiger partial charge is 0.261 e. The number of ether oxygens (including phenoxy) is 3. The first-order valence-corrected chi connectivity index (χ1v) is 9.08. The molecule has 25 heavy (non-hydrogen) atoms. The predicted molar refractivity (Wildman–Crippen MR) is 98.4 cm³/mol. The number of methoxy groups -OCH3 is 2. The molecule has 0 bridgehead atoms. The fourth-order valence-electron chi connectivity index (χ4n) is 2.72. The van der Waals surface area contributed by atoms with Crippen LogP contribution in [-0.2, 0) is 4.79 Å². The van der Waals surface area contributed by atoms with Gasteiger partial charge >= 0.3 is 0 Å². The molecule has 3 rings (SSSR count). The van der Waals surface area contributed by atoms with Crippen LogP contribution in [0.4, 0.5) is 0 Å². The van der Waals surface area contributed by atoms with Crippen molar-refractivity contribution in [1.29, 1.82) is 0 Å². The van der Waals surface area contributed by atoms with Crippen LogP contribution in [0.2, 0.25) is 0 Å². The molecular formula is C19H21NO4S. The quantitative estimate of drug-likeness (QED) is 0.792. The molecule has 1 saturated heterocycles. The monoisotopic (exact) mass is 359 g/mol. The van der Waals surface area contributed by atoms with Crippen LogP contribution >= 0.6 is 11.8 Å². The highest BCUT2D eigenvalue weighted by Crippen LogP contribution is 2.40. The lowest BCUT2D eigenvalue weighted by Crippen LogP contribution is -2.34. The molecule has 1 atom stereocenters. The van der Waals surface area contributed by atoms with Gasteiger partial charge in [-0.05, 0) is 29.8 Å². The molecule has 0 aliphatic carbocycles. The summed E-state index contributed by atoms with van der Waals surface area (Å²) in [6.45, 7) is 0.730. The fraction of sp³-hybridized carbons (Fsp3) is 0.316. The maximum Gasteiger partial charge on any atom is 0.261 e. The summed E-state index contributed by atoms with van der Waals surface area (Å²) in [4.78, 5) is 14.5. The van der Waals surface area contributed by atoms with Crippen LogP contribution in [0.15, 0.2) is 48.5 Å². The van der Waals surface area contributed by atoms with E-state index in [-0.39, 0.29) is 17.9 Å². The van der Waals surface area contributed by atoms with Crippen molar-refractivity contribution in [3.05, 3.63) is 54.1 Å². The van der Waals surface area contributed by atoms with Gasteiger partial charge in [0, 0.05) is 18.4 Å². The highest BCUT2D eigenvalue weighted by Gasteiger charge is 2.31. The van der Waals surface area contributed by atoms with Crippen LogP contribution in [0.5, 0.6) is 17.2 Å². The minimum absolute atomic E-state index is 0.0272. The Balaban J connectivity index is 1.72. The van der Waals surface area contributed by atoms with E-state index in [1.54, 1.807) is 26.0 Å². The molecule has 1 fully saturated rings. The second-order valence-corrected chi connectivity index (χ2v) is 6.75. The number of carbonyl (C=O) groups excluding carboxylic acids is 1. The van der Waals surface area contributed by atoms with E-state index < -0.39 is 0 Å². The van der Waals surface area contributed by atoms with E-state index in [2.05, 4.69) is 0 Å². The number of hydrogen-bond donors (Lipinski definition) is 0. The average Bonchev–Trinajstić information content (AvgIpc) is 3.16. The molecule has 5 nitrogen and oxygen atoms in total. The van der Waals surface area contributed by atoms with Gasteiger partial charge in [-0.1, -0.05) is 18.2 Å². The van der Waals surface area contributed by atoms with E-state index in [4.69, 9.17) is 14.2 Å². The summed E-state index contributed by atoms with van der Waals surface area (Å²) in [5, 5.41) is -0.0594. The van der Waals surface area contributed by atoms with E-state index >= 15 is 0 Å². The Morgan fingerprint density at radius 3 is 2.40 bits per heavy atom. The van der Waals surface area contributed by atoms with E-state index in [0.29, 0.717) is 12.3 Å². The Morgan fingerprint density at radius 1 is 1.08 bits per heavy atom. The van der Waals surface area contributed by atoms with Gasteiger partial charge in [-0.15, -0.1) is 11.8 Å². The maximum absolute atomic E-state index is 12.6. The van der Waals surface area contributed by atoms with E-state index in [0.717, 1.165) is 22.8 Å². The molecule has 1 unspecified atom stereocenters. The summed E-state index contributed by atoms with van der Waals surface area (Å²) in [7, 11) is 3.24. The van der Waals surface area contributed by atoms with Crippen molar-refractivity contribution in [1.82, 2.24) is 4.90 Å². The van der Waals surface area contributed by atoms with Gasteiger partial charge in [0.1, 0.15) is 22.6 Å². The molecule has 132 valence electrons. The van der Waals surface area contributed by atoms with Gasteiger partial charge in [0.2, 0.25) is 0 Å². The van der Waals surface area contributed by atoms with Gasteiger partial charge in [0.15, 0.2) is 6.61 Å². The normalized spacial score (nSPS) is 16.6. The van der Waals surface area contributed by atoms with Gasteiger partial charge in [-0.2, -0.15) is 0 Å². The molecule has 0 saturated carbocycles. The molecule has 0 aromatic heterocycles. The number of benzene rings is 2. The van der Waals surface area contributed by atoms with Crippen molar-refractivity contribution in [3.8, 4) is 17.2 Å². The first-order chi connectivity index (χ1) is 12.2. The summed E-state index contributed by atoms with van der Waals surface area (Å²) in [6, 6.07) is 15.1. The van der Waals surface area contributed by atoms with Gasteiger partial charge in [0.25, 0.3) is 5.91 Å². The summed E-state index contributed by atoms with van der Waals surface area (Å²) >= 11 is 1.73. The van der Waals surface area contributed by atoms with Crippen molar-refractivity contribution in [2.24, 2.45) is 0 Å². The number of carbonyl (C=O) groups is 1. The third kappa shape index (κ3) is 4.20. The number of rotatable bonds is 6. The van der Waals surface area contributed by atoms with E-state index in [1.165, 1.54) is 0 Å². The summed E-state index contributed by atoms with van der Waals surface area (Å²) in [5.41, 5.74) is 0.992. The van der Waals surface area contributed by atoms with Crippen molar-refractivity contribution in [2.45, 2.75) is 5.37 Å². The van der Waals surface area contributed by atoms with Crippen LogP contribution in [0.3, 0.4) is 0 Å². The largest absolute Gasteiger partial charge is 0.497 e. The summed E-state index contributed by atoms with van der Waals surface area (Å²) in [6.07, 6.45) is 0. The topological polar surface area (TPSA) is 48.0 Å². The summed E-state index contributed by atoms with van der Waals surface area (Å²) in [5.74, 6) is 2.99. The van der Waals surface area contributed by atoms with E-state index in [1.807, 2.05) is 53.4 Å². The van der Waals surface area contributed by atoms with Crippen LogP contribution in [0.1, 0.15) is 10.9 Å². The van der Waals surface area contributed by atoms with Crippen molar-refractivity contribution < 1.29 is 19.0 Å². The highest BCUT2D eigenvalue weighted by molar-refractivity contribution is 7.99. The van der Waals surface area contributed by atoms with Crippen LogP contribution in [-0.4, -0.2) is 43.9 Å². The highest BCUT2D eigenvalue weighted by atomic mass is 32.2. The lowest BCUT2D eigenvalue weighted by atomic mass is 10.1. The number of thioether (sulfide) groups is 1. The molecule has 0 radical (unpaired) electrons. The van der Waals surface area contributed by atoms with Crippen LogP contribution < -0.4 is 14.2 Å². The number of nitrogens with zero attached hydrogens (tertiary/aromatic N) is 1. The number of amides is 1. The zero-order valence-electron chi connectivity index (χ0n) is 14.3. The lowest BCUT2D eigenvalue weighted by molar-refractivity contribution is -0.133. The van der Waals surface area contributed by atoms with Crippen molar-refractivity contribution in [2.75, 3.05) is 33.1 Å². The van der Waals surface area contributed by atoms with E-state index in [9.17, 15) is 4.79 Å². The predicted octanol–water partition coefficient (Wildman–Crippen LogP) is 3.36. The zero-order valence-corrected chi connectivity index (χ0v) is 15.1. The Kier molecular flexibility index (Phi) is 5.71. The maximum atomic E-state index is 12.6. The molecule has 6 heteroatoms. The fourth-order valence-corrected chi connectivity index (χ4v) is 3.98. The molecule has 0 N–H and O–H groups in total. The lowest BCUT2D eigenvalue weighted by Gasteiger charge is -2.25. The Hall–Kier alpha value is -2.34. The number of hydrogen-bond acceptors (Lipinski definition) is 5. The first kappa shape index (κ1) is 17.5. The van der Waals surface area contributed by atoms with Gasteiger partial charge < -0.3 is 19.1 Å². The molecule has 2 aromatic rings. The van der Waals surface area contributed by atoms with Crippen molar-refractivity contribution >= 4 is 17.7 Å². The Bertz CT molecular complexity index is 700. The standard InChI is InChI=1S/C19H21NO4S/c1-22-16-10-14(11-17(12-16)23-2)19-20(8-9-25-19)18(21)13-24-15-6-4-3-5-7-15/h3-7,10-12,19H,8-9,13H2,1-2H3. The van der Waals surface area contributed by atoms with Crippen molar-refractivity contribution in [3.63, 3.8) is 0 Å². The van der Waals surface area contributed by atoms with Crippen LogP contribution in [0.25, 0.3) is 0 Å². The third-order valence-corrected chi connectivity index (χ3v) is 5.24. The second kappa shape index (κ2) is 8.16. The minimum atomic E-state index is -0.0594. The minimum Gasteiger partial charge on any atom is -0.497 e. The third-order valence-electron chi connectivity index (χ3n) is 3.98. The second-order valence-electron chi connectivity index (χ2n) is 5.56. The Labute approximate surface area is 151 Å². The Morgan fingerprint density at radius 2 is 1.76 bits per heavy atom.